The molecule has 27 heavy (non-hydrogen) atoms. The predicted octanol–water partition coefficient (Wildman–Crippen LogP) is 6.43. The van der Waals surface area contributed by atoms with E-state index in [1.165, 1.54) is 29.8 Å². The molecule has 0 fully saturated rings. The highest BCUT2D eigenvalue weighted by Gasteiger charge is 2.15. The third-order valence-electron chi connectivity index (χ3n) is 3.94. The first kappa shape index (κ1) is 17.8. The molecule has 0 atom stereocenters. The fraction of sp³-hybridized carbons (Fsp3) is 0. The third-order valence-corrected chi connectivity index (χ3v) is 5.67. The molecular weight excluding hydrogens is 452 g/mol. The molecule has 0 aliphatic carbocycles. The van der Waals surface area contributed by atoms with Gasteiger partial charge < -0.3 is 5.32 Å². The topological polar surface area (TPSA) is 81.0 Å². The number of anilines is 2. The van der Waals surface area contributed by atoms with E-state index in [4.69, 9.17) is 11.6 Å². The lowest BCUT2D eigenvalue weighted by Gasteiger charge is -2.10. The molecule has 0 spiro atoms. The zero-order valence-electron chi connectivity index (χ0n) is 13.5. The Morgan fingerprint density at radius 3 is 2.63 bits per heavy atom. The van der Waals surface area contributed by atoms with Crippen molar-refractivity contribution in [2.24, 2.45) is 0 Å². The Kier molecular flexibility index (Phi) is 4.77. The van der Waals surface area contributed by atoms with Crippen molar-refractivity contribution in [3.63, 3.8) is 0 Å². The normalized spacial score (nSPS) is 10.9. The van der Waals surface area contributed by atoms with E-state index in [1.807, 2.05) is 29.6 Å². The van der Waals surface area contributed by atoms with E-state index in [-0.39, 0.29) is 10.7 Å². The van der Waals surface area contributed by atoms with Crippen molar-refractivity contribution in [3.8, 4) is 11.1 Å². The van der Waals surface area contributed by atoms with Gasteiger partial charge in [-0.15, -0.1) is 11.3 Å². The standard InChI is InChI=1S/C18H10BrClN4O2S/c19-11-3-1-10(2-4-11)13-8-27-18-16(13)17(21-9-22-18)23-15-6-5-12(24(25)26)7-14(15)20/h1-9H,(H,21,22,23). The minimum Gasteiger partial charge on any atom is -0.338 e. The molecule has 1 N–H and O–H groups in total. The maximum Gasteiger partial charge on any atom is 0.271 e. The van der Waals surface area contributed by atoms with Gasteiger partial charge in [-0.05, 0) is 23.8 Å². The Hall–Kier alpha value is -2.55. The second-order valence-corrected chi connectivity index (χ2v) is 7.79. The molecule has 9 heteroatoms. The summed E-state index contributed by atoms with van der Waals surface area (Å²) in [4.78, 5) is 19.9. The zero-order valence-corrected chi connectivity index (χ0v) is 16.7. The van der Waals surface area contributed by atoms with Gasteiger partial charge in [0.15, 0.2) is 0 Å². The number of fused-ring (bicyclic) bond motifs is 1. The number of nitrogens with zero attached hydrogens (tertiary/aromatic N) is 3. The fourth-order valence-corrected chi connectivity index (χ4v) is 4.06. The summed E-state index contributed by atoms with van der Waals surface area (Å²) >= 11 is 11.2. The minimum atomic E-state index is -0.483. The lowest BCUT2D eigenvalue weighted by molar-refractivity contribution is -0.384. The van der Waals surface area contributed by atoms with Gasteiger partial charge in [0.05, 0.1) is 21.0 Å². The van der Waals surface area contributed by atoms with Crippen molar-refractivity contribution in [2.45, 2.75) is 0 Å². The number of hydrogen-bond donors (Lipinski definition) is 1. The first-order valence-corrected chi connectivity index (χ1v) is 9.77. The van der Waals surface area contributed by atoms with Crippen LogP contribution in [0.25, 0.3) is 21.3 Å². The van der Waals surface area contributed by atoms with Gasteiger partial charge in [0, 0.05) is 27.5 Å². The van der Waals surface area contributed by atoms with Gasteiger partial charge >= 0.3 is 0 Å². The van der Waals surface area contributed by atoms with Crippen molar-refractivity contribution in [1.82, 2.24) is 9.97 Å². The maximum absolute atomic E-state index is 10.9. The number of non-ortho nitro benzene ring substituents is 1. The average molecular weight is 462 g/mol. The Balaban J connectivity index is 1.80. The maximum atomic E-state index is 10.9. The summed E-state index contributed by atoms with van der Waals surface area (Å²) in [7, 11) is 0. The molecule has 0 aliphatic heterocycles. The summed E-state index contributed by atoms with van der Waals surface area (Å²) < 4.78 is 0.998. The molecule has 0 unspecified atom stereocenters. The number of thiophene rings is 1. The second kappa shape index (κ2) is 7.22. The van der Waals surface area contributed by atoms with E-state index in [2.05, 4.69) is 31.2 Å². The van der Waals surface area contributed by atoms with Crippen molar-refractivity contribution < 1.29 is 4.92 Å². The largest absolute Gasteiger partial charge is 0.338 e. The second-order valence-electron chi connectivity index (χ2n) is 5.60. The number of benzene rings is 2. The van der Waals surface area contributed by atoms with E-state index in [0.717, 1.165) is 25.8 Å². The molecule has 4 aromatic rings. The number of rotatable bonds is 4. The van der Waals surface area contributed by atoms with Gasteiger partial charge in [-0.25, -0.2) is 9.97 Å². The van der Waals surface area contributed by atoms with Gasteiger partial charge in [-0.3, -0.25) is 10.1 Å². The molecule has 2 aromatic heterocycles. The molecule has 0 saturated heterocycles. The van der Waals surface area contributed by atoms with Crippen LogP contribution in [-0.2, 0) is 0 Å². The van der Waals surface area contributed by atoms with Crippen LogP contribution in [0.5, 0.6) is 0 Å². The predicted molar refractivity (Wildman–Crippen MR) is 112 cm³/mol. The smallest absolute Gasteiger partial charge is 0.271 e. The van der Waals surface area contributed by atoms with Crippen LogP contribution in [0.15, 0.2) is 58.6 Å². The molecule has 2 aromatic carbocycles. The number of hydrogen-bond acceptors (Lipinski definition) is 6. The number of aromatic nitrogens is 2. The molecule has 0 aliphatic rings. The summed E-state index contributed by atoms with van der Waals surface area (Å²) in [6.07, 6.45) is 1.48. The molecule has 2 heterocycles. The van der Waals surface area contributed by atoms with E-state index >= 15 is 0 Å². The summed E-state index contributed by atoms with van der Waals surface area (Å²) in [5, 5.41) is 17.2. The number of nitro benzene ring substituents is 1. The molecule has 6 nitrogen and oxygen atoms in total. The number of nitrogens with one attached hydrogen (secondary N) is 1. The van der Waals surface area contributed by atoms with Gasteiger partial charge in [0.1, 0.15) is 17.0 Å². The fourth-order valence-electron chi connectivity index (χ4n) is 2.66. The van der Waals surface area contributed by atoms with Crippen LogP contribution in [0.3, 0.4) is 0 Å². The van der Waals surface area contributed by atoms with Crippen LogP contribution in [0.2, 0.25) is 5.02 Å². The highest BCUT2D eigenvalue weighted by molar-refractivity contribution is 9.10. The number of halogens is 2. The van der Waals surface area contributed by atoms with Crippen LogP contribution in [-0.4, -0.2) is 14.9 Å². The molecule has 0 bridgehead atoms. The molecule has 0 amide bonds. The molecule has 4 rings (SSSR count). The van der Waals surface area contributed by atoms with E-state index < -0.39 is 4.92 Å². The lowest BCUT2D eigenvalue weighted by Crippen LogP contribution is -1.97. The van der Waals surface area contributed by atoms with Gasteiger partial charge in [0.2, 0.25) is 0 Å². The quantitative estimate of drug-likeness (QED) is 0.280. The zero-order chi connectivity index (χ0) is 19.0. The van der Waals surface area contributed by atoms with Crippen LogP contribution >= 0.6 is 38.9 Å². The van der Waals surface area contributed by atoms with Gasteiger partial charge in [-0.2, -0.15) is 0 Å². The summed E-state index contributed by atoms with van der Waals surface area (Å²) in [6, 6.07) is 12.3. The summed E-state index contributed by atoms with van der Waals surface area (Å²) in [6.45, 7) is 0. The first-order valence-electron chi connectivity index (χ1n) is 7.72. The van der Waals surface area contributed by atoms with E-state index in [9.17, 15) is 10.1 Å². The van der Waals surface area contributed by atoms with E-state index in [0.29, 0.717) is 11.5 Å². The SMILES string of the molecule is O=[N+]([O-])c1ccc(Nc2ncnc3scc(-c4ccc(Br)cc4)c23)c(Cl)c1. The average Bonchev–Trinajstić information content (AvgIpc) is 3.09. The highest BCUT2D eigenvalue weighted by Crippen LogP contribution is 2.38. The van der Waals surface area contributed by atoms with Crippen LogP contribution in [0.1, 0.15) is 0 Å². The Labute approximate surface area is 171 Å². The van der Waals surface area contributed by atoms with Crippen LogP contribution in [0.4, 0.5) is 17.2 Å². The van der Waals surface area contributed by atoms with Crippen molar-refractivity contribution in [3.05, 3.63) is 73.8 Å². The summed E-state index contributed by atoms with van der Waals surface area (Å²) in [5.41, 5.74) is 2.51. The molecular formula is C18H10BrClN4O2S. The molecule has 0 saturated carbocycles. The lowest BCUT2D eigenvalue weighted by atomic mass is 10.1. The van der Waals surface area contributed by atoms with Gasteiger partial charge in [-0.1, -0.05) is 39.7 Å². The first-order chi connectivity index (χ1) is 13.0. The molecule has 0 radical (unpaired) electrons. The minimum absolute atomic E-state index is 0.0653. The van der Waals surface area contributed by atoms with Gasteiger partial charge in [0.25, 0.3) is 5.69 Å². The Bertz CT molecular complexity index is 1160. The van der Waals surface area contributed by atoms with Crippen molar-refractivity contribution in [1.29, 1.82) is 0 Å². The Morgan fingerprint density at radius 1 is 1.15 bits per heavy atom. The Morgan fingerprint density at radius 2 is 1.93 bits per heavy atom. The van der Waals surface area contributed by atoms with Crippen LogP contribution in [0, 0.1) is 10.1 Å². The van der Waals surface area contributed by atoms with Crippen LogP contribution < -0.4 is 5.32 Å². The van der Waals surface area contributed by atoms with Crippen molar-refractivity contribution >= 4 is 66.3 Å². The van der Waals surface area contributed by atoms with E-state index in [1.54, 1.807) is 6.07 Å². The summed E-state index contributed by atoms with van der Waals surface area (Å²) in [5.74, 6) is 0.593. The third kappa shape index (κ3) is 3.51. The monoisotopic (exact) mass is 460 g/mol. The van der Waals surface area contributed by atoms with Crippen molar-refractivity contribution in [2.75, 3.05) is 5.32 Å². The highest BCUT2D eigenvalue weighted by atomic mass is 79.9. The number of nitro groups is 1. The molecule has 134 valence electrons.